The normalized spacial score (nSPS) is 26.2. The number of aryl methyl sites for hydroxylation is 1. The van der Waals surface area contributed by atoms with Gasteiger partial charge in [0, 0.05) is 39.5 Å². The lowest BCUT2D eigenvalue weighted by Gasteiger charge is -2.63. The van der Waals surface area contributed by atoms with Crippen LogP contribution in [0.15, 0.2) is 82.3 Å². The van der Waals surface area contributed by atoms with Crippen LogP contribution in [-0.2, 0) is 37.9 Å². The first-order valence-corrected chi connectivity index (χ1v) is 26.6. The second-order valence-electron chi connectivity index (χ2n) is 28.8. The van der Waals surface area contributed by atoms with Gasteiger partial charge >= 0.3 is 0 Å². The summed E-state index contributed by atoms with van der Waals surface area (Å²) in [6.07, 6.45) is 12.5. The fourth-order valence-electron chi connectivity index (χ4n) is 15.2. The highest BCUT2D eigenvalue weighted by Crippen LogP contribution is 2.69. The molecule has 1 aromatic heterocycles. The molecule has 4 aromatic carbocycles. The molecule has 5 aromatic rings. The number of rotatable bonds is 1. The molecule has 4 heteroatoms. The molecule has 3 unspecified atom stereocenters. The summed E-state index contributed by atoms with van der Waals surface area (Å²) in [7, 11) is 0. The Kier molecular flexibility index (Phi) is 8.75. The monoisotopic (exact) mass is 903 g/mol. The van der Waals surface area contributed by atoms with E-state index in [-0.39, 0.29) is 50.0 Å². The van der Waals surface area contributed by atoms with E-state index in [1.807, 2.05) is 0 Å². The molecule has 0 spiro atoms. The van der Waals surface area contributed by atoms with E-state index >= 15 is 0 Å². The number of anilines is 5. The van der Waals surface area contributed by atoms with Crippen molar-refractivity contribution in [2.24, 2.45) is 17.3 Å². The Morgan fingerprint density at radius 3 is 1.78 bits per heavy atom. The van der Waals surface area contributed by atoms with Gasteiger partial charge in [-0.25, -0.2) is 0 Å². The van der Waals surface area contributed by atoms with Crippen LogP contribution in [-0.4, -0.2) is 6.71 Å². The van der Waals surface area contributed by atoms with E-state index in [4.69, 9.17) is 4.42 Å². The predicted molar refractivity (Wildman–Crippen MR) is 291 cm³/mol. The van der Waals surface area contributed by atoms with E-state index in [0.717, 1.165) is 11.2 Å². The van der Waals surface area contributed by atoms with E-state index in [1.54, 1.807) is 22.4 Å². The van der Waals surface area contributed by atoms with Crippen molar-refractivity contribution < 1.29 is 4.42 Å². The van der Waals surface area contributed by atoms with Crippen molar-refractivity contribution >= 4 is 57.2 Å². The van der Waals surface area contributed by atoms with Gasteiger partial charge in [0.05, 0.1) is 17.0 Å². The Bertz CT molecular complexity index is 3110. The van der Waals surface area contributed by atoms with Gasteiger partial charge < -0.3 is 14.2 Å². The van der Waals surface area contributed by atoms with Crippen LogP contribution >= 0.6 is 0 Å². The number of furan rings is 1. The molecule has 3 nitrogen and oxygen atoms in total. The number of benzene rings is 4. The Labute approximate surface area is 410 Å². The minimum absolute atomic E-state index is 0.0391. The molecule has 0 bridgehead atoms. The molecule has 0 N–H and O–H groups in total. The van der Waals surface area contributed by atoms with E-state index in [9.17, 15) is 0 Å². The third kappa shape index (κ3) is 5.79. The largest absolute Gasteiger partial charge is 0.468 e. The quantitative estimate of drug-likeness (QED) is 0.156. The van der Waals surface area contributed by atoms with Crippen LogP contribution in [0.25, 0.3) is 11.0 Å². The van der Waals surface area contributed by atoms with Crippen molar-refractivity contribution in [3.05, 3.63) is 122 Å². The zero-order valence-electron chi connectivity index (χ0n) is 45.1. The molecule has 1 saturated carbocycles. The zero-order chi connectivity index (χ0) is 48.6. The average molecular weight is 903 g/mol. The second-order valence-corrected chi connectivity index (χ2v) is 28.8. The lowest BCUT2D eigenvalue weighted by Crippen LogP contribution is -2.62. The number of hydrogen-bond donors (Lipinski definition) is 0. The summed E-state index contributed by atoms with van der Waals surface area (Å²) in [6, 6.07) is 22.5. The first kappa shape index (κ1) is 44.8. The summed E-state index contributed by atoms with van der Waals surface area (Å²) < 4.78 is 7.72. The van der Waals surface area contributed by atoms with Gasteiger partial charge in [-0.2, -0.15) is 0 Å². The molecule has 0 amide bonds. The summed E-state index contributed by atoms with van der Waals surface area (Å²) in [5.74, 6) is 0.733. The fourth-order valence-corrected chi connectivity index (χ4v) is 15.2. The Hall–Kier alpha value is -4.44. The molecule has 354 valence electrons. The second kappa shape index (κ2) is 13.3. The predicted octanol–water partition coefficient (Wildman–Crippen LogP) is 16.3. The molecule has 3 aliphatic heterocycles. The van der Waals surface area contributed by atoms with Crippen LogP contribution < -0.4 is 20.9 Å². The van der Waals surface area contributed by atoms with Gasteiger partial charge in [0.15, 0.2) is 0 Å². The summed E-state index contributed by atoms with van der Waals surface area (Å²) in [6.45, 7) is 44.5. The smallest absolute Gasteiger partial charge is 0.296 e. The van der Waals surface area contributed by atoms with Crippen molar-refractivity contribution in [1.29, 1.82) is 0 Å². The fraction of sp³-hybridized carbons (Fsp3) is 0.531. The maximum Gasteiger partial charge on any atom is 0.296 e. The zero-order valence-corrected chi connectivity index (χ0v) is 45.1. The van der Waals surface area contributed by atoms with Crippen LogP contribution in [0.5, 0.6) is 0 Å². The van der Waals surface area contributed by atoms with E-state index in [1.165, 1.54) is 111 Å². The third-order valence-corrected chi connectivity index (χ3v) is 19.8. The van der Waals surface area contributed by atoms with Crippen LogP contribution in [0.1, 0.15) is 201 Å². The highest BCUT2D eigenvalue weighted by molar-refractivity contribution is 6.95. The molecule has 4 aliphatic carbocycles. The summed E-state index contributed by atoms with van der Waals surface area (Å²) in [5.41, 5.74) is 25.4. The third-order valence-electron chi connectivity index (χ3n) is 19.8. The van der Waals surface area contributed by atoms with Crippen LogP contribution in [0.3, 0.4) is 0 Å². The lowest BCUT2D eigenvalue weighted by molar-refractivity contribution is 0.0564. The van der Waals surface area contributed by atoms with Crippen molar-refractivity contribution in [3.63, 3.8) is 0 Å². The highest BCUT2D eigenvalue weighted by atomic mass is 16.3. The van der Waals surface area contributed by atoms with Gasteiger partial charge in [0.1, 0.15) is 5.58 Å². The molecule has 4 heterocycles. The van der Waals surface area contributed by atoms with E-state index < -0.39 is 0 Å². The Morgan fingerprint density at radius 1 is 0.588 bits per heavy atom. The summed E-state index contributed by atoms with van der Waals surface area (Å²) in [4.78, 5) is 5.54. The summed E-state index contributed by atoms with van der Waals surface area (Å²) >= 11 is 0. The van der Waals surface area contributed by atoms with Gasteiger partial charge in [0.2, 0.25) is 0 Å². The van der Waals surface area contributed by atoms with Crippen LogP contribution in [0, 0.1) is 24.2 Å². The minimum Gasteiger partial charge on any atom is -0.468 e. The first-order valence-electron chi connectivity index (χ1n) is 26.6. The minimum atomic E-state index is -0.100. The number of allylic oxidation sites excluding steroid dienone is 4. The SMILES string of the molecule is Cc1cc2c(c3c1N1C4=C(C=CC5C4C3(C)CCC5(C)C)B3c4oc5cc6c(cc5c4N(c4ccc(C(C)(C)C)cc4)c4cc(C(C)(C)C)cc1c43)C(C)(C)CCC6(C)C)C(C)(C)CCC2(C)C. The molecule has 0 radical (unpaired) electrons. The van der Waals surface area contributed by atoms with Crippen LogP contribution in [0.4, 0.5) is 28.4 Å². The standard InChI is InChI=1S/C64H79BN2O/c1-36-31-44-49(63(16,17)28-27-62(44,14)15)51-53(36)67-47-33-38(58(5,6)7)32-46-52(47)65(45-24-23-41-50(55(45)67)64(51,18)30-29-59(41,8)9)56-54(66(46)39-21-19-37(20-22-39)57(2,3)4)40-34-42-43(35-48(40)68-56)61(12,13)26-25-60(42,10)11/h19-24,31-35,41,50H,25-30H2,1-18H3. The molecular formula is C64H79BN2O. The number of fused-ring (bicyclic) bond motifs is 12. The Balaban J connectivity index is 1.25. The highest BCUT2D eigenvalue weighted by Gasteiger charge is 2.62. The van der Waals surface area contributed by atoms with Crippen molar-refractivity contribution in [3.8, 4) is 0 Å². The van der Waals surface area contributed by atoms with Gasteiger partial charge in [-0.3, -0.25) is 0 Å². The van der Waals surface area contributed by atoms with E-state index in [0.29, 0.717) is 11.8 Å². The van der Waals surface area contributed by atoms with Crippen LogP contribution in [0.2, 0.25) is 0 Å². The van der Waals surface area contributed by atoms with Gasteiger partial charge in [-0.05, 0) is 181 Å². The maximum atomic E-state index is 7.72. The summed E-state index contributed by atoms with van der Waals surface area (Å²) in [5, 5.41) is 1.24. The Morgan fingerprint density at radius 2 is 1.16 bits per heavy atom. The molecule has 1 fully saturated rings. The topological polar surface area (TPSA) is 19.6 Å². The average Bonchev–Trinajstić information content (AvgIpc) is 3.62. The van der Waals surface area contributed by atoms with Gasteiger partial charge in [0.25, 0.3) is 6.71 Å². The van der Waals surface area contributed by atoms with E-state index in [2.05, 4.69) is 201 Å². The molecule has 7 aliphatic rings. The van der Waals surface area contributed by atoms with Crippen molar-refractivity contribution in [2.75, 3.05) is 9.80 Å². The molecule has 12 rings (SSSR count). The lowest BCUT2D eigenvalue weighted by atomic mass is 9.32. The molecule has 3 atom stereocenters. The molecular weight excluding hydrogens is 824 g/mol. The number of nitrogens with zero attached hydrogens (tertiary/aromatic N) is 2. The van der Waals surface area contributed by atoms with Crippen molar-refractivity contribution in [2.45, 2.75) is 201 Å². The van der Waals surface area contributed by atoms with Crippen molar-refractivity contribution in [1.82, 2.24) is 0 Å². The first-order chi connectivity index (χ1) is 31.5. The van der Waals surface area contributed by atoms with Gasteiger partial charge in [-0.1, -0.05) is 148 Å². The van der Waals surface area contributed by atoms with Gasteiger partial charge in [-0.15, -0.1) is 0 Å². The molecule has 68 heavy (non-hydrogen) atoms. The molecule has 0 saturated heterocycles. The number of hydrogen-bond acceptors (Lipinski definition) is 3. The maximum absolute atomic E-state index is 7.72.